The van der Waals surface area contributed by atoms with Crippen LogP contribution >= 0.6 is 0 Å². The molecule has 3 aromatic rings. The number of methoxy groups -OCH3 is 1. The minimum atomic E-state index is -3.73. The standard InChI is InChI=1S/C20H19N3O4S/c1-27-18-8-4-15(5-9-18)13-20(24)22-16-6-10-19(11-7-16)28(25,26)23-17-3-2-12-21-14-17/h2-12,14,23H,13H2,1H3,(H,22,24). The first-order chi connectivity index (χ1) is 13.5. The summed E-state index contributed by atoms with van der Waals surface area (Å²) >= 11 is 0. The SMILES string of the molecule is COc1ccc(CC(=O)Nc2ccc(S(=O)(=O)Nc3cccnc3)cc2)cc1. The molecular formula is C20H19N3O4S. The summed E-state index contributed by atoms with van der Waals surface area (Å²) in [7, 11) is -2.15. The van der Waals surface area contributed by atoms with Gasteiger partial charge in [-0.15, -0.1) is 0 Å². The number of sulfonamides is 1. The molecule has 0 saturated carbocycles. The second-order valence-corrected chi connectivity index (χ2v) is 7.63. The molecule has 0 fully saturated rings. The minimum Gasteiger partial charge on any atom is -0.497 e. The highest BCUT2D eigenvalue weighted by Crippen LogP contribution is 2.18. The lowest BCUT2D eigenvalue weighted by Gasteiger charge is -2.09. The molecule has 0 aliphatic carbocycles. The van der Waals surface area contributed by atoms with Crippen LogP contribution in [0.15, 0.2) is 78.0 Å². The Morgan fingerprint density at radius 3 is 2.32 bits per heavy atom. The topological polar surface area (TPSA) is 97.4 Å². The number of anilines is 2. The number of nitrogens with one attached hydrogen (secondary N) is 2. The van der Waals surface area contributed by atoms with Gasteiger partial charge in [0, 0.05) is 11.9 Å². The van der Waals surface area contributed by atoms with E-state index in [0.717, 1.165) is 11.3 Å². The van der Waals surface area contributed by atoms with Crippen molar-refractivity contribution in [3.8, 4) is 5.75 Å². The third kappa shape index (κ3) is 5.08. The van der Waals surface area contributed by atoms with Crippen molar-refractivity contribution in [2.24, 2.45) is 0 Å². The molecule has 2 N–H and O–H groups in total. The number of amides is 1. The van der Waals surface area contributed by atoms with Crippen LogP contribution < -0.4 is 14.8 Å². The number of ether oxygens (including phenoxy) is 1. The lowest BCUT2D eigenvalue weighted by atomic mass is 10.1. The molecule has 0 saturated heterocycles. The van der Waals surface area contributed by atoms with Gasteiger partial charge in [0.05, 0.1) is 30.3 Å². The van der Waals surface area contributed by atoms with Crippen molar-refractivity contribution in [3.05, 3.63) is 78.6 Å². The average molecular weight is 397 g/mol. The summed E-state index contributed by atoms with van der Waals surface area (Å²) in [5.41, 5.74) is 1.73. The van der Waals surface area contributed by atoms with Gasteiger partial charge in [-0.2, -0.15) is 0 Å². The quantitative estimate of drug-likeness (QED) is 0.639. The molecule has 0 aliphatic rings. The highest BCUT2D eigenvalue weighted by atomic mass is 32.2. The monoisotopic (exact) mass is 397 g/mol. The van der Waals surface area contributed by atoms with Crippen molar-refractivity contribution in [1.29, 1.82) is 0 Å². The van der Waals surface area contributed by atoms with E-state index < -0.39 is 10.0 Å². The number of carbonyl (C=O) groups excluding carboxylic acids is 1. The van der Waals surface area contributed by atoms with Crippen molar-refractivity contribution in [3.63, 3.8) is 0 Å². The number of hydrogen-bond donors (Lipinski definition) is 2. The van der Waals surface area contributed by atoms with E-state index in [1.54, 1.807) is 49.7 Å². The van der Waals surface area contributed by atoms with E-state index in [2.05, 4.69) is 15.0 Å². The Morgan fingerprint density at radius 1 is 1.00 bits per heavy atom. The van der Waals surface area contributed by atoms with Gasteiger partial charge in [-0.25, -0.2) is 8.42 Å². The highest BCUT2D eigenvalue weighted by Gasteiger charge is 2.14. The summed E-state index contributed by atoms with van der Waals surface area (Å²) in [6.45, 7) is 0. The molecule has 0 unspecified atom stereocenters. The normalized spacial score (nSPS) is 10.9. The van der Waals surface area contributed by atoms with Crippen LogP contribution in [0, 0.1) is 0 Å². The van der Waals surface area contributed by atoms with Crippen LogP contribution in [0.5, 0.6) is 5.75 Å². The van der Waals surface area contributed by atoms with E-state index >= 15 is 0 Å². The molecule has 1 amide bonds. The molecule has 28 heavy (non-hydrogen) atoms. The fourth-order valence-corrected chi connectivity index (χ4v) is 3.53. The molecule has 144 valence electrons. The van der Waals surface area contributed by atoms with Crippen LogP contribution in [0.1, 0.15) is 5.56 Å². The van der Waals surface area contributed by atoms with E-state index in [1.165, 1.54) is 18.3 Å². The molecule has 0 aliphatic heterocycles. The van der Waals surface area contributed by atoms with Crippen LogP contribution in [-0.4, -0.2) is 26.4 Å². The number of rotatable bonds is 7. The van der Waals surface area contributed by atoms with Gasteiger partial charge >= 0.3 is 0 Å². The second-order valence-electron chi connectivity index (χ2n) is 5.94. The number of benzene rings is 2. The smallest absolute Gasteiger partial charge is 0.261 e. The third-order valence-electron chi connectivity index (χ3n) is 3.89. The molecule has 1 heterocycles. The predicted octanol–water partition coefficient (Wildman–Crippen LogP) is 3.07. The number of aromatic nitrogens is 1. The Hall–Kier alpha value is -3.39. The van der Waals surface area contributed by atoms with E-state index in [-0.39, 0.29) is 17.2 Å². The van der Waals surface area contributed by atoms with Gasteiger partial charge in [-0.3, -0.25) is 14.5 Å². The Bertz CT molecular complexity index is 1040. The summed E-state index contributed by atoms with van der Waals surface area (Å²) in [5, 5.41) is 2.75. The van der Waals surface area contributed by atoms with E-state index in [1.807, 2.05) is 12.1 Å². The van der Waals surface area contributed by atoms with Gasteiger partial charge in [-0.05, 0) is 54.1 Å². The van der Waals surface area contributed by atoms with Gasteiger partial charge in [-0.1, -0.05) is 12.1 Å². The summed E-state index contributed by atoms with van der Waals surface area (Å²) in [4.78, 5) is 16.1. The molecule has 2 aromatic carbocycles. The molecular weight excluding hydrogens is 378 g/mol. The van der Waals surface area contributed by atoms with Crippen LogP contribution in [0.25, 0.3) is 0 Å². The molecule has 0 bridgehead atoms. The van der Waals surface area contributed by atoms with Crippen molar-refractivity contribution in [2.75, 3.05) is 17.1 Å². The lowest BCUT2D eigenvalue weighted by Crippen LogP contribution is -2.15. The summed E-state index contributed by atoms with van der Waals surface area (Å²) in [5.74, 6) is 0.523. The zero-order valence-corrected chi connectivity index (χ0v) is 15.9. The van der Waals surface area contributed by atoms with Crippen LogP contribution in [0.3, 0.4) is 0 Å². The van der Waals surface area contributed by atoms with Gasteiger partial charge < -0.3 is 10.1 Å². The van der Waals surface area contributed by atoms with Gasteiger partial charge in [0.2, 0.25) is 5.91 Å². The maximum atomic E-state index is 12.4. The van der Waals surface area contributed by atoms with Crippen LogP contribution in [0.2, 0.25) is 0 Å². The zero-order valence-electron chi connectivity index (χ0n) is 15.1. The van der Waals surface area contributed by atoms with Crippen LogP contribution in [-0.2, 0) is 21.2 Å². The Morgan fingerprint density at radius 2 is 1.71 bits per heavy atom. The number of carbonyl (C=O) groups is 1. The molecule has 3 rings (SSSR count). The summed E-state index contributed by atoms with van der Waals surface area (Å²) in [6, 6.07) is 16.4. The van der Waals surface area contributed by atoms with E-state index in [4.69, 9.17) is 4.74 Å². The summed E-state index contributed by atoms with van der Waals surface area (Å²) in [6.07, 6.45) is 3.18. The molecule has 8 heteroatoms. The fraction of sp³-hybridized carbons (Fsp3) is 0.100. The molecule has 0 atom stereocenters. The second kappa shape index (κ2) is 8.53. The van der Waals surface area contributed by atoms with Crippen LogP contribution in [0.4, 0.5) is 11.4 Å². The number of pyridine rings is 1. The number of nitrogens with zero attached hydrogens (tertiary/aromatic N) is 1. The largest absolute Gasteiger partial charge is 0.497 e. The van der Waals surface area contributed by atoms with Gasteiger partial charge in [0.1, 0.15) is 5.75 Å². The van der Waals surface area contributed by atoms with E-state index in [9.17, 15) is 13.2 Å². The van der Waals surface area contributed by atoms with E-state index in [0.29, 0.717) is 11.4 Å². The fourth-order valence-electron chi connectivity index (χ4n) is 2.49. The highest BCUT2D eigenvalue weighted by molar-refractivity contribution is 7.92. The van der Waals surface area contributed by atoms with Crippen molar-refractivity contribution in [1.82, 2.24) is 4.98 Å². The first-order valence-corrected chi connectivity index (χ1v) is 9.90. The van der Waals surface area contributed by atoms with Crippen molar-refractivity contribution in [2.45, 2.75) is 11.3 Å². The first-order valence-electron chi connectivity index (χ1n) is 8.42. The maximum absolute atomic E-state index is 12.4. The predicted molar refractivity (Wildman–Crippen MR) is 107 cm³/mol. The molecule has 1 aromatic heterocycles. The summed E-state index contributed by atoms with van der Waals surface area (Å²) < 4.78 is 32.3. The third-order valence-corrected chi connectivity index (χ3v) is 5.28. The maximum Gasteiger partial charge on any atom is 0.261 e. The lowest BCUT2D eigenvalue weighted by molar-refractivity contribution is -0.115. The Labute approximate surface area is 163 Å². The minimum absolute atomic E-state index is 0.0875. The van der Waals surface area contributed by atoms with Gasteiger partial charge in [0.15, 0.2) is 0 Å². The molecule has 0 radical (unpaired) electrons. The molecule has 7 nitrogen and oxygen atoms in total. The van der Waals surface area contributed by atoms with Gasteiger partial charge in [0.25, 0.3) is 10.0 Å². The molecule has 0 spiro atoms. The van der Waals surface area contributed by atoms with Crippen molar-refractivity contribution >= 4 is 27.3 Å². The zero-order chi connectivity index (χ0) is 20.0. The Kier molecular flexibility index (Phi) is 5.90. The first kappa shape index (κ1) is 19.4. The van der Waals surface area contributed by atoms with Crippen molar-refractivity contribution < 1.29 is 17.9 Å². The Balaban J connectivity index is 1.62. The average Bonchev–Trinajstić information content (AvgIpc) is 2.69. The number of hydrogen-bond acceptors (Lipinski definition) is 5.